The Balaban J connectivity index is 1.65. The molecule has 2 N–H and O–H groups in total. The summed E-state index contributed by atoms with van der Waals surface area (Å²) in [5, 5.41) is 5.30. The summed E-state index contributed by atoms with van der Waals surface area (Å²) in [6, 6.07) is 17.9. The van der Waals surface area contributed by atoms with Gasteiger partial charge in [0.05, 0.1) is 6.42 Å². The molecule has 1 aliphatic heterocycles. The lowest BCUT2D eigenvalue weighted by Gasteiger charge is -2.29. The topological polar surface area (TPSA) is 84.5 Å². The van der Waals surface area contributed by atoms with Gasteiger partial charge in [0, 0.05) is 10.9 Å². The minimum atomic E-state index is -0.771. The number of ether oxygens (including phenoxy) is 1. The van der Waals surface area contributed by atoms with Crippen LogP contribution >= 0.6 is 11.8 Å². The number of hydrogen-bond acceptors (Lipinski definition) is 6. The van der Waals surface area contributed by atoms with Crippen LogP contribution in [0.25, 0.3) is 0 Å². The van der Waals surface area contributed by atoms with Crippen LogP contribution in [0.3, 0.4) is 0 Å². The van der Waals surface area contributed by atoms with E-state index in [1.54, 1.807) is 13.8 Å². The Hall–Kier alpha value is -3.06. The third-order valence-corrected chi connectivity index (χ3v) is 5.77. The van der Waals surface area contributed by atoms with Gasteiger partial charge in [-0.2, -0.15) is 0 Å². The SMILES string of the molecule is CC1(C)SC(=O)C(NC(=O)Cc2ccccc2)=CNC1C(=O)OCc1ccccc1. The van der Waals surface area contributed by atoms with Gasteiger partial charge in [-0.15, -0.1) is 0 Å². The van der Waals surface area contributed by atoms with Gasteiger partial charge in [0.25, 0.3) is 0 Å². The standard InChI is InChI=1S/C23H24N2O4S/c1-23(2)20(21(27)29-15-17-11-7-4-8-12-17)24-14-18(22(28)30-23)25-19(26)13-16-9-5-3-6-10-16/h3-12,14,20,24H,13,15H2,1-2H3,(H,25,26). The summed E-state index contributed by atoms with van der Waals surface area (Å²) in [7, 11) is 0. The first-order chi connectivity index (χ1) is 14.3. The summed E-state index contributed by atoms with van der Waals surface area (Å²) >= 11 is 0.994. The summed E-state index contributed by atoms with van der Waals surface area (Å²) in [4.78, 5) is 37.7. The van der Waals surface area contributed by atoms with Gasteiger partial charge >= 0.3 is 5.97 Å². The quantitative estimate of drug-likeness (QED) is 0.694. The number of nitrogens with one attached hydrogen (secondary N) is 2. The van der Waals surface area contributed by atoms with Gasteiger partial charge < -0.3 is 15.4 Å². The van der Waals surface area contributed by atoms with E-state index in [4.69, 9.17) is 4.74 Å². The van der Waals surface area contributed by atoms with Crippen molar-refractivity contribution in [3.05, 3.63) is 83.7 Å². The van der Waals surface area contributed by atoms with E-state index in [0.717, 1.165) is 22.9 Å². The molecular formula is C23H24N2O4S. The molecular weight excluding hydrogens is 400 g/mol. The van der Waals surface area contributed by atoms with E-state index < -0.39 is 16.8 Å². The lowest BCUT2D eigenvalue weighted by atomic mass is 10.0. The molecule has 0 aliphatic carbocycles. The fourth-order valence-electron chi connectivity index (χ4n) is 3.01. The number of hydrogen-bond donors (Lipinski definition) is 2. The third-order valence-electron chi connectivity index (χ3n) is 4.61. The second-order valence-corrected chi connectivity index (χ2v) is 9.08. The molecule has 156 valence electrons. The van der Waals surface area contributed by atoms with Crippen LogP contribution in [0.15, 0.2) is 72.6 Å². The normalized spacial score (nSPS) is 17.9. The number of carbonyl (C=O) groups is 3. The fourth-order valence-corrected chi connectivity index (χ4v) is 3.99. The number of benzene rings is 2. The van der Waals surface area contributed by atoms with Crippen LogP contribution in [0.1, 0.15) is 25.0 Å². The summed E-state index contributed by atoms with van der Waals surface area (Å²) in [6.07, 6.45) is 1.55. The van der Waals surface area contributed by atoms with Crippen molar-refractivity contribution in [2.24, 2.45) is 0 Å². The molecule has 1 amide bonds. The highest BCUT2D eigenvalue weighted by Gasteiger charge is 2.41. The number of esters is 1. The molecule has 0 fully saturated rings. The van der Waals surface area contributed by atoms with Crippen molar-refractivity contribution in [3.8, 4) is 0 Å². The highest BCUT2D eigenvalue weighted by atomic mass is 32.2. The number of carbonyl (C=O) groups excluding carboxylic acids is 3. The maximum absolute atomic E-state index is 12.7. The Morgan fingerprint density at radius 1 is 1.03 bits per heavy atom. The molecule has 0 aromatic heterocycles. The minimum absolute atomic E-state index is 0.118. The fraction of sp³-hybridized carbons (Fsp3) is 0.261. The first kappa shape index (κ1) is 21.6. The maximum atomic E-state index is 12.7. The molecule has 1 heterocycles. The molecule has 0 saturated carbocycles. The Kier molecular flexibility index (Phi) is 6.95. The zero-order chi connectivity index (χ0) is 21.6. The van der Waals surface area contributed by atoms with E-state index >= 15 is 0 Å². The van der Waals surface area contributed by atoms with Crippen LogP contribution in [-0.2, 0) is 32.1 Å². The number of amides is 1. The Labute approximate surface area is 180 Å². The molecule has 1 aliphatic rings. The van der Waals surface area contributed by atoms with Crippen molar-refractivity contribution in [2.75, 3.05) is 0 Å². The Morgan fingerprint density at radius 3 is 2.27 bits per heavy atom. The zero-order valence-electron chi connectivity index (χ0n) is 16.9. The molecule has 30 heavy (non-hydrogen) atoms. The zero-order valence-corrected chi connectivity index (χ0v) is 17.7. The van der Waals surface area contributed by atoms with Crippen molar-refractivity contribution < 1.29 is 19.1 Å². The van der Waals surface area contributed by atoms with E-state index in [0.29, 0.717) is 0 Å². The van der Waals surface area contributed by atoms with E-state index in [9.17, 15) is 14.4 Å². The van der Waals surface area contributed by atoms with Crippen LogP contribution < -0.4 is 10.6 Å². The molecule has 0 bridgehead atoms. The average Bonchev–Trinajstić information content (AvgIpc) is 2.83. The number of rotatable bonds is 6. The van der Waals surface area contributed by atoms with E-state index in [1.165, 1.54) is 6.20 Å². The van der Waals surface area contributed by atoms with E-state index in [1.807, 2.05) is 60.7 Å². The van der Waals surface area contributed by atoms with Crippen LogP contribution in [0.2, 0.25) is 0 Å². The first-order valence-electron chi connectivity index (χ1n) is 9.59. The number of thioether (sulfide) groups is 1. The predicted molar refractivity (Wildman–Crippen MR) is 116 cm³/mol. The summed E-state index contributed by atoms with van der Waals surface area (Å²) < 4.78 is 4.68. The lowest BCUT2D eigenvalue weighted by Crippen LogP contribution is -2.48. The molecule has 7 heteroatoms. The summed E-state index contributed by atoms with van der Waals surface area (Å²) in [5.41, 5.74) is 1.85. The predicted octanol–water partition coefficient (Wildman–Crippen LogP) is 2.94. The maximum Gasteiger partial charge on any atom is 0.330 e. The van der Waals surface area contributed by atoms with E-state index in [2.05, 4.69) is 10.6 Å². The monoisotopic (exact) mass is 424 g/mol. The van der Waals surface area contributed by atoms with Gasteiger partial charge in [0.1, 0.15) is 18.3 Å². The molecule has 6 nitrogen and oxygen atoms in total. The minimum Gasteiger partial charge on any atom is -0.459 e. The van der Waals surface area contributed by atoms with Crippen molar-refractivity contribution in [2.45, 2.75) is 37.7 Å². The van der Waals surface area contributed by atoms with Gasteiger partial charge in [-0.1, -0.05) is 72.4 Å². The van der Waals surface area contributed by atoms with Crippen LogP contribution in [0.5, 0.6) is 0 Å². The molecule has 0 spiro atoms. The smallest absolute Gasteiger partial charge is 0.330 e. The van der Waals surface area contributed by atoms with Gasteiger partial charge in [-0.05, 0) is 25.0 Å². The van der Waals surface area contributed by atoms with Crippen molar-refractivity contribution in [3.63, 3.8) is 0 Å². The van der Waals surface area contributed by atoms with Crippen LogP contribution in [0, 0.1) is 0 Å². The molecule has 1 atom stereocenters. The molecule has 0 saturated heterocycles. The summed E-state index contributed by atoms with van der Waals surface area (Å²) in [5.74, 6) is -0.761. The lowest BCUT2D eigenvalue weighted by molar-refractivity contribution is -0.147. The van der Waals surface area contributed by atoms with E-state index in [-0.39, 0.29) is 29.7 Å². The second-order valence-electron chi connectivity index (χ2n) is 7.45. The molecule has 0 radical (unpaired) electrons. The van der Waals surface area contributed by atoms with Gasteiger partial charge in [0.2, 0.25) is 11.0 Å². The van der Waals surface area contributed by atoms with Crippen molar-refractivity contribution in [1.82, 2.24) is 10.6 Å². The molecule has 3 rings (SSSR count). The van der Waals surface area contributed by atoms with Gasteiger partial charge in [0.15, 0.2) is 0 Å². The third kappa shape index (κ3) is 5.73. The molecule has 2 aromatic carbocycles. The molecule has 2 aromatic rings. The largest absolute Gasteiger partial charge is 0.459 e. The van der Waals surface area contributed by atoms with Gasteiger partial charge in [-0.25, -0.2) is 4.79 Å². The average molecular weight is 425 g/mol. The van der Waals surface area contributed by atoms with Gasteiger partial charge in [-0.3, -0.25) is 9.59 Å². The Bertz CT molecular complexity index is 942. The van der Waals surface area contributed by atoms with Crippen molar-refractivity contribution >= 4 is 28.8 Å². The first-order valence-corrected chi connectivity index (χ1v) is 10.4. The highest BCUT2D eigenvalue weighted by Crippen LogP contribution is 2.33. The second kappa shape index (κ2) is 9.63. The molecule has 1 unspecified atom stereocenters. The van der Waals surface area contributed by atoms with Crippen LogP contribution in [0.4, 0.5) is 0 Å². The highest BCUT2D eigenvalue weighted by molar-refractivity contribution is 8.15. The summed E-state index contributed by atoms with van der Waals surface area (Å²) in [6.45, 7) is 3.73. The Morgan fingerprint density at radius 2 is 1.63 bits per heavy atom. The van der Waals surface area contributed by atoms with Crippen molar-refractivity contribution in [1.29, 1.82) is 0 Å². The van der Waals surface area contributed by atoms with Crippen LogP contribution in [-0.4, -0.2) is 27.8 Å².